The van der Waals surface area contributed by atoms with Crippen molar-refractivity contribution < 1.29 is 9.21 Å². The maximum Gasteiger partial charge on any atom is 0.237 e. The summed E-state index contributed by atoms with van der Waals surface area (Å²) < 4.78 is 5.71. The van der Waals surface area contributed by atoms with Gasteiger partial charge in [-0.2, -0.15) is 11.8 Å². The van der Waals surface area contributed by atoms with Crippen LogP contribution in [0.3, 0.4) is 0 Å². The second kappa shape index (κ2) is 6.54. The fourth-order valence-electron chi connectivity index (χ4n) is 2.58. The number of carbonyl (C=O) groups excluding carboxylic acids is 1. The summed E-state index contributed by atoms with van der Waals surface area (Å²) >= 11 is 1.95. The Morgan fingerprint density at radius 3 is 2.90 bits per heavy atom. The highest BCUT2D eigenvalue weighted by Crippen LogP contribution is 2.18. The summed E-state index contributed by atoms with van der Waals surface area (Å²) in [7, 11) is 0. The molecular formula is C16H20N2O2S. The molecule has 0 spiro atoms. The van der Waals surface area contributed by atoms with E-state index in [1.807, 2.05) is 49.0 Å². The lowest BCUT2D eigenvalue weighted by Gasteiger charge is -2.30. The van der Waals surface area contributed by atoms with Gasteiger partial charge in [-0.3, -0.25) is 9.69 Å². The second-order valence-electron chi connectivity index (χ2n) is 5.29. The van der Waals surface area contributed by atoms with Crippen molar-refractivity contribution in [1.29, 1.82) is 0 Å². The minimum Gasteiger partial charge on any atom is -0.459 e. The molecular weight excluding hydrogens is 284 g/mol. The van der Waals surface area contributed by atoms with E-state index in [0.717, 1.165) is 41.3 Å². The van der Waals surface area contributed by atoms with Crippen molar-refractivity contribution in [3.05, 3.63) is 36.1 Å². The predicted molar refractivity (Wildman–Crippen MR) is 86.4 cm³/mol. The number of hydrogen-bond donors (Lipinski definition) is 1. The molecule has 1 N–H and O–H groups in total. The topological polar surface area (TPSA) is 45.5 Å². The smallest absolute Gasteiger partial charge is 0.237 e. The number of hydrogen-bond acceptors (Lipinski definition) is 4. The molecule has 1 saturated heterocycles. The predicted octanol–water partition coefficient (Wildman–Crippen LogP) is 2.49. The number of thioether (sulfide) groups is 1. The van der Waals surface area contributed by atoms with E-state index in [-0.39, 0.29) is 11.9 Å². The van der Waals surface area contributed by atoms with E-state index in [1.54, 1.807) is 0 Å². The van der Waals surface area contributed by atoms with Crippen LogP contribution in [-0.4, -0.2) is 41.4 Å². The van der Waals surface area contributed by atoms with Crippen LogP contribution in [0.25, 0.3) is 11.0 Å². The number of nitrogens with one attached hydrogen (secondary N) is 1. The lowest BCUT2D eigenvalue weighted by atomic mass is 10.2. The van der Waals surface area contributed by atoms with Crippen LogP contribution >= 0.6 is 11.8 Å². The molecule has 1 atom stereocenters. The molecule has 2 heterocycles. The molecule has 3 rings (SSSR count). The van der Waals surface area contributed by atoms with Crippen LogP contribution in [0.1, 0.15) is 12.7 Å². The van der Waals surface area contributed by atoms with Crippen LogP contribution < -0.4 is 5.32 Å². The standard InChI is InChI=1S/C16H20N2O2S/c1-12(18-6-8-21-9-7-18)16(19)17-11-14-10-13-4-2-3-5-15(13)20-14/h2-5,10,12H,6-9,11H2,1H3,(H,17,19). The van der Waals surface area contributed by atoms with Gasteiger partial charge in [0.1, 0.15) is 11.3 Å². The second-order valence-corrected chi connectivity index (χ2v) is 6.52. The third-order valence-electron chi connectivity index (χ3n) is 3.89. The number of rotatable bonds is 4. The van der Waals surface area contributed by atoms with Crippen LogP contribution in [0, 0.1) is 0 Å². The van der Waals surface area contributed by atoms with E-state index in [2.05, 4.69) is 10.2 Å². The Kier molecular flexibility index (Phi) is 4.51. The van der Waals surface area contributed by atoms with Gasteiger partial charge in [-0.25, -0.2) is 0 Å². The number of amides is 1. The van der Waals surface area contributed by atoms with Gasteiger partial charge < -0.3 is 9.73 Å². The van der Waals surface area contributed by atoms with Crippen LogP contribution in [0.5, 0.6) is 0 Å². The lowest BCUT2D eigenvalue weighted by molar-refractivity contribution is -0.126. The first kappa shape index (κ1) is 14.5. The Morgan fingerprint density at radius 2 is 2.14 bits per heavy atom. The summed E-state index contributed by atoms with van der Waals surface area (Å²) in [5.74, 6) is 3.09. The van der Waals surface area contributed by atoms with E-state index in [4.69, 9.17) is 4.42 Å². The highest BCUT2D eigenvalue weighted by atomic mass is 32.2. The number of nitrogens with zero attached hydrogens (tertiary/aromatic N) is 1. The van der Waals surface area contributed by atoms with Crippen molar-refractivity contribution in [2.45, 2.75) is 19.5 Å². The average molecular weight is 304 g/mol. The lowest BCUT2D eigenvalue weighted by Crippen LogP contribution is -2.48. The van der Waals surface area contributed by atoms with E-state index in [0.29, 0.717) is 6.54 Å². The summed E-state index contributed by atoms with van der Waals surface area (Å²) in [6.45, 7) is 4.40. The maximum absolute atomic E-state index is 12.2. The van der Waals surface area contributed by atoms with Gasteiger partial charge >= 0.3 is 0 Å². The number of furan rings is 1. The Labute approximate surface area is 128 Å². The average Bonchev–Trinajstić information content (AvgIpc) is 2.95. The quantitative estimate of drug-likeness (QED) is 0.942. The highest BCUT2D eigenvalue weighted by Gasteiger charge is 2.22. The van der Waals surface area contributed by atoms with Crippen LogP contribution in [0.4, 0.5) is 0 Å². The van der Waals surface area contributed by atoms with E-state index >= 15 is 0 Å². The first-order valence-electron chi connectivity index (χ1n) is 7.31. The minimum absolute atomic E-state index is 0.0716. The van der Waals surface area contributed by atoms with E-state index in [9.17, 15) is 4.79 Å². The van der Waals surface area contributed by atoms with Crippen LogP contribution in [0.2, 0.25) is 0 Å². The van der Waals surface area contributed by atoms with Crippen molar-refractivity contribution in [2.24, 2.45) is 0 Å². The fourth-order valence-corrected chi connectivity index (χ4v) is 3.51. The molecule has 1 amide bonds. The SMILES string of the molecule is CC(C(=O)NCc1cc2ccccc2o1)N1CCSCC1. The zero-order chi connectivity index (χ0) is 14.7. The van der Waals surface area contributed by atoms with Gasteiger partial charge in [0, 0.05) is 30.0 Å². The van der Waals surface area contributed by atoms with Gasteiger partial charge in [-0.1, -0.05) is 18.2 Å². The van der Waals surface area contributed by atoms with Crippen molar-refractivity contribution in [3.63, 3.8) is 0 Å². The highest BCUT2D eigenvalue weighted by molar-refractivity contribution is 7.99. The van der Waals surface area contributed by atoms with Crippen LogP contribution in [-0.2, 0) is 11.3 Å². The number of para-hydroxylation sites is 1. The number of carbonyl (C=O) groups is 1. The molecule has 0 radical (unpaired) electrons. The maximum atomic E-state index is 12.2. The van der Waals surface area contributed by atoms with Crippen molar-refractivity contribution in [2.75, 3.05) is 24.6 Å². The zero-order valence-corrected chi connectivity index (χ0v) is 13.0. The van der Waals surface area contributed by atoms with Gasteiger partial charge in [-0.05, 0) is 19.1 Å². The monoisotopic (exact) mass is 304 g/mol. The molecule has 1 aliphatic heterocycles. The van der Waals surface area contributed by atoms with Gasteiger partial charge in [0.05, 0.1) is 12.6 Å². The van der Waals surface area contributed by atoms with E-state index in [1.165, 1.54) is 0 Å². The molecule has 1 aliphatic rings. The zero-order valence-electron chi connectivity index (χ0n) is 12.2. The number of benzene rings is 1. The van der Waals surface area contributed by atoms with Crippen molar-refractivity contribution in [3.8, 4) is 0 Å². The summed E-state index contributed by atoms with van der Waals surface area (Å²) in [4.78, 5) is 14.5. The molecule has 1 fully saturated rings. The molecule has 1 aromatic heterocycles. The van der Waals surface area contributed by atoms with Gasteiger partial charge in [0.2, 0.25) is 5.91 Å². The third-order valence-corrected chi connectivity index (χ3v) is 4.83. The third kappa shape index (κ3) is 3.41. The molecule has 0 saturated carbocycles. The minimum atomic E-state index is -0.0738. The van der Waals surface area contributed by atoms with Crippen molar-refractivity contribution in [1.82, 2.24) is 10.2 Å². The first-order chi connectivity index (χ1) is 10.2. The Bertz CT molecular complexity index is 587. The fraction of sp³-hybridized carbons (Fsp3) is 0.438. The Morgan fingerprint density at radius 1 is 1.38 bits per heavy atom. The molecule has 2 aromatic rings. The number of fused-ring (bicyclic) bond motifs is 1. The molecule has 1 unspecified atom stereocenters. The molecule has 112 valence electrons. The Balaban J connectivity index is 1.57. The molecule has 1 aromatic carbocycles. The molecule has 5 heteroatoms. The molecule has 0 aliphatic carbocycles. The van der Waals surface area contributed by atoms with Gasteiger partial charge in [-0.15, -0.1) is 0 Å². The van der Waals surface area contributed by atoms with Gasteiger partial charge in [0.25, 0.3) is 0 Å². The summed E-state index contributed by atoms with van der Waals surface area (Å²) in [6, 6.07) is 9.79. The first-order valence-corrected chi connectivity index (χ1v) is 8.46. The largest absolute Gasteiger partial charge is 0.459 e. The van der Waals surface area contributed by atoms with Crippen molar-refractivity contribution >= 4 is 28.6 Å². The normalized spacial score (nSPS) is 17.8. The Hall–Kier alpha value is -1.46. The summed E-state index contributed by atoms with van der Waals surface area (Å²) in [5.41, 5.74) is 0.864. The molecule has 21 heavy (non-hydrogen) atoms. The van der Waals surface area contributed by atoms with Crippen LogP contribution in [0.15, 0.2) is 34.7 Å². The van der Waals surface area contributed by atoms with Gasteiger partial charge in [0.15, 0.2) is 0 Å². The molecule has 0 bridgehead atoms. The van der Waals surface area contributed by atoms with E-state index < -0.39 is 0 Å². The molecule has 4 nitrogen and oxygen atoms in total. The summed E-state index contributed by atoms with van der Waals surface area (Å²) in [5, 5.41) is 4.05. The summed E-state index contributed by atoms with van der Waals surface area (Å²) in [6.07, 6.45) is 0.